The van der Waals surface area contributed by atoms with Crippen LogP contribution in [0.3, 0.4) is 0 Å². The van der Waals surface area contributed by atoms with E-state index in [1.807, 2.05) is 12.1 Å². The Hall–Kier alpha value is -2.29. The lowest BCUT2D eigenvalue weighted by molar-refractivity contribution is 0.0734. The normalized spacial score (nSPS) is 10.4. The molecule has 0 aliphatic rings. The molecule has 0 saturated heterocycles. The molecular formula is C17H18O3. The highest BCUT2D eigenvalue weighted by molar-refractivity contribution is 5.91. The Labute approximate surface area is 119 Å². The maximum absolute atomic E-state index is 12.0. The standard InChI is InChI=1S/C17H18O3/c1-12(2)13-4-6-14(7-5-13)17(18)20-16-10-8-15(19-3)9-11-16/h4-12H,1-3H3. The van der Waals surface area contributed by atoms with Gasteiger partial charge in [-0.15, -0.1) is 0 Å². The molecule has 2 aromatic carbocycles. The van der Waals surface area contributed by atoms with Crippen LogP contribution >= 0.6 is 0 Å². The van der Waals surface area contributed by atoms with Gasteiger partial charge < -0.3 is 9.47 Å². The van der Waals surface area contributed by atoms with E-state index in [2.05, 4.69) is 13.8 Å². The van der Waals surface area contributed by atoms with Crippen LogP contribution in [-0.2, 0) is 0 Å². The summed E-state index contributed by atoms with van der Waals surface area (Å²) in [6.07, 6.45) is 0. The summed E-state index contributed by atoms with van der Waals surface area (Å²) in [5.41, 5.74) is 1.75. The zero-order valence-electron chi connectivity index (χ0n) is 11.9. The van der Waals surface area contributed by atoms with E-state index in [1.165, 1.54) is 5.56 Å². The van der Waals surface area contributed by atoms with Gasteiger partial charge in [-0.05, 0) is 47.9 Å². The quantitative estimate of drug-likeness (QED) is 0.621. The number of methoxy groups -OCH3 is 1. The van der Waals surface area contributed by atoms with Gasteiger partial charge in [0.15, 0.2) is 0 Å². The van der Waals surface area contributed by atoms with Gasteiger partial charge in [-0.25, -0.2) is 4.79 Å². The first-order valence-electron chi connectivity index (χ1n) is 6.56. The molecule has 3 nitrogen and oxygen atoms in total. The fraction of sp³-hybridized carbons (Fsp3) is 0.235. The van der Waals surface area contributed by atoms with Gasteiger partial charge in [0, 0.05) is 0 Å². The summed E-state index contributed by atoms with van der Waals surface area (Å²) in [5.74, 6) is 1.32. The van der Waals surface area contributed by atoms with Crippen molar-refractivity contribution in [2.45, 2.75) is 19.8 Å². The van der Waals surface area contributed by atoms with E-state index in [-0.39, 0.29) is 5.97 Å². The number of ether oxygens (including phenoxy) is 2. The zero-order chi connectivity index (χ0) is 14.5. The summed E-state index contributed by atoms with van der Waals surface area (Å²) in [4.78, 5) is 12.0. The first-order valence-corrected chi connectivity index (χ1v) is 6.56. The molecule has 0 N–H and O–H groups in total. The van der Waals surface area contributed by atoms with E-state index < -0.39 is 0 Å². The molecule has 0 saturated carbocycles. The smallest absolute Gasteiger partial charge is 0.343 e. The molecule has 0 spiro atoms. The van der Waals surface area contributed by atoms with Crippen LogP contribution in [0.2, 0.25) is 0 Å². The minimum absolute atomic E-state index is 0.356. The van der Waals surface area contributed by atoms with Gasteiger partial charge in [0.25, 0.3) is 0 Å². The zero-order valence-corrected chi connectivity index (χ0v) is 11.9. The van der Waals surface area contributed by atoms with Crippen molar-refractivity contribution in [3.8, 4) is 11.5 Å². The maximum Gasteiger partial charge on any atom is 0.343 e. The minimum Gasteiger partial charge on any atom is -0.497 e. The Kier molecular flexibility index (Phi) is 4.41. The fourth-order valence-corrected chi connectivity index (χ4v) is 1.81. The van der Waals surface area contributed by atoms with Crippen molar-refractivity contribution in [3.63, 3.8) is 0 Å². The number of benzene rings is 2. The predicted molar refractivity (Wildman–Crippen MR) is 78.5 cm³/mol. The van der Waals surface area contributed by atoms with Gasteiger partial charge in [0.1, 0.15) is 11.5 Å². The largest absolute Gasteiger partial charge is 0.497 e. The Morgan fingerprint density at radius 2 is 1.45 bits per heavy atom. The molecule has 104 valence electrons. The van der Waals surface area contributed by atoms with E-state index in [9.17, 15) is 4.79 Å². The number of carbonyl (C=O) groups excluding carboxylic acids is 1. The second-order valence-electron chi connectivity index (χ2n) is 4.84. The van der Waals surface area contributed by atoms with Crippen molar-refractivity contribution in [2.75, 3.05) is 7.11 Å². The number of hydrogen-bond donors (Lipinski definition) is 0. The lowest BCUT2D eigenvalue weighted by Crippen LogP contribution is -2.08. The Morgan fingerprint density at radius 1 is 0.900 bits per heavy atom. The van der Waals surface area contributed by atoms with Crippen molar-refractivity contribution >= 4 is 5.97 Å². The second-order valence-corrected chi connectivity index (χ2v) is 4.84. The Morgan fingerprint density at radius 3 is 1.95 bits per heavy atom. The lowest BCUT2D eigenvalue weighted by Gasteiger charge is -2.07. The molecule has 0 fully saturated rings. The van der Waals surface area contributed by atoms with Gasteiger partial charge in [-0.1, -0.05) is 26.0 Å². The van der Waals surface area contributed by atoms with E-state index in [4.69, 9.17) is 9.47 Å². The van der Waals surface area contributed by atoms with Crippen LogP contribution in [0.1, 0.15) is 35.7 Å². The van der Waals surface area contributed by atoms with Crippen LogP contribution in [0.15, 0.2) is 48.5 Å². The van der Waals surface area contributed by atoms with E-state index in [1.54, 1.807) is 43.5 Å². The van der Waals surface area contributed by atoms with Crippen molar-refractivity contribution < 1.29 is 14.3 Å². The predicted octanol–water partition coefficient (Wildman–Crippen LogP) is 4.04. The van der Waals surface area contributed by atoms with Crippen LogP contribution in [0.4, 0.5) is 0 Å². The third kappa shape index (κ3) is 3.38. The number of rotatable bonds is 4. The van der Waals surface area contributed by atoms with Gasteiger partial charge in [-0.2, -0.15) is 0 Å². The minimum atomic E-state index is -0.356. The van der Waals surface area contributed by atoms with Gasteiger partial charge in [0.05, 0.1) is 12.7 Å². The number of esters is 1. The number of carbonyl (C=O) groups is 1. The molecule has 0 atom stereocenters. The second kappa shape index (κ2) is 6.24. The van der Waals surface area contributed by atoms with E-state index >= 15 is 0 Å². The van der Waals surface area contributed by atoms with Crippen LogP contribution < -0.4 is 9.47 Å². The molecule has 0 aliphatic carbocycles. The molecule has 0 aliphatic heterocycles. The van der Waals surface area contributed by atoms with Gasteiger partial charge in [0.2, 0.25) is 0 Å². The summed E-state index contributed by atoms with van der Waals surface area (Å²) in [5, 5.41) is 0. The molecule has 0 bridgehead atoms. The average Bonchev–Trinajstić information content (AvgIpc) is 2.48. The molecule has 0 unspecified atom stereocenters. The first kappa shape index (κ1) is 14.1. The van der Waals surface area contributed by atoms with Crippen LogP contribution in [0.25, 0.3) is 0 Å². The third-order valence-corrected chi connectivity index (χ3v) is 3.08. The van der Waals surface area contributed by atoms with Crippen molar-refractivity contribution in [1.82, 2.24) is 0 Å². The Balaban J connectivity index is 2.07. The van der Waals surface area contributed by atoms with Crippen LogP contribution in [0, 0.1) is 0 Å². The number of hydrogen-bond acceptors (Lipinski definition) is 3. The molecule has 3 heteroatoms. The average molecular weight is 270 g/mol. The molecule has 0 aromatic heterocycles. The maximum atomic E-state index is 12.0. The molecule has 2 rings (SSSR count). The third-order valence-electron chi connectivity index (χ3n) is 3.08. The summed E-state index contributed by atoms with van der Waals surface area (Å²) in [6.45, 7) is 4.23. The van der Waals surface area contributed by atoms with Crippen molar-refractivity contribution in [3.05, 3.63) is 59.7 Å². The first-order chi connectivity index (χ1) is 9.60. The molecule has 0 radical (unpaired) electrons. The molecule has 0 amide bonds. The van der Waals surface area contributed by atoms with E-state index in [0.717, 1.165) is 5.75 Å². The van der Waals surface area contributed by atoms with Crippen LogP contribution in [0.5, 0.6) is 11.5 Å². The fourth-order valence-electron chi connectivity index (χ4n) is 1.81. The van der Waals surface area contributed by atoms with Gasteiger partial charge in [-0.3, -0.25) is 0 Å². The molecule has 20 heavy (non-hydrogen) atoms. The van der Waals surface area contributed by atoms with Crippen LogP contribution in [-0.4, -0.2) is 13.1 Å². The summed E-state index contributed by atoms with van der Waals surface area (Å²) >= 11 is 0. The topological polar surface area (TPSA) is 35.5 Å². The van der Waals surface area contributed by atoms with E-state index in [0.29, 0.717) is 17.2 Å². The molecule has 0 heterocycles. The monoisotopic (exact) mass is 270 g/mol. The van der Waals surface area contributed by atoms with Gasteiger partial charge >= 0.3 is 5.97 Å². The highest BCUT2D eigenvalue weighted by Crippen LogP contribution is 2.19. The van der Waals surface area contributed by atoms with Crippen molar-refractivity contribution in [2.24, 2.45) is 0 Å². The summed E-state index contributed by atoms with van der Waals surface area (Å²) in [7, 11) is 1.59. The highest BCUT2D eigenvalue weighted by atomic mass is 16.5. The molecular weight excluding hydrogens is 252 g/mol. The summed E-state index contributed by atoms with van der Waals surface area (Å²) < 4.78 is 10.4. The lowest BCUT2D eigenvalue weighted by atomic mass is 10.0. The highest BCUT2D eigenvalue weighted by Gasteiger charge is 2.09. The molecule has 2 aromatic rings. The van der Waals surface area contributed by atoms with Crippen molar-refractivity contribution in [1.29, 1.82) is 0 Å². The summed E-state index contributed by atoms with van der Waals surface area (Å²) in [6, 6.07) is 14.4. The SMILES string of the molecule is COc1ccc(OC(=O)c2ccc(C(C)C)cc2)cc1. The Bertz CT molecular complexity index is 568.